The van der Waals surface area contributed by atoms with Gasteiger partial charge in [0, 0.05) is 75.8 Å². The smallest absolute Gasteiger partial charge is 0.407 e. The van der Waals surface area contributed by atoms with Crippen molar-refractivity contribution in [3.8, 4) is 11.8 Å². The summed E-state index contributed by atoms with van der Waals surface area (Å²) in [4.78, 5) is 56.0. The lowest BCUT2D eigenvalue weighted by Gasteiger charge is -2.42. The number of likely N-dealkylation sites (tertiary alicyclic amines) is 1. The van der Waals surface area contributed by atoms with E-state index in [1.54, 1.807) is 11.0 Å². The number of nitrogens with one attached hydrogen (secondary N) is 1. The van der Waals surface area contributed by atoms with E-state index in [9.17, 15) is 19.2 Å². The van der Waals surface area contributed by atoms with Crippen molar-refractivity contribution in [3.05, 3.63) is 34.9 Å². The first-order valence-corrected chi connectivity index (χ1v) is 13.6. The maximum Gasteiger partial charge on any atom is 0.407 e. The van der Waals surface area contributed by atoms with Crippen LogP contribution >= 0.6 is 0 Å². The van der Waals surface area contributed by atoms with Crippen molar-refractivity contribution in [1.82, 2.24) is 24.9 Å². The predicted molar refractivity (Wildman–Crippen MR) is 139 cm³/mol. The van der Waals surface area contributed by atoms with Gasteiger partial charge in [0.25, 0.3) is 5.91 Å². The summed E-state index contributed by atoms with van der Waals surface area (Å²) in [6.45, 7) is 6.70. The van der Waals surface area contributed by atoms with Gasteiger partial charge in [-0.15, -0.1) is 0 Å². The zero-order chi connectivity index (χ0) is 26.6. The molecule has 0 bridgehead atoms. The summed E-state index contributed by atoms with van der Waals surface area (Å²) in [5.41, 5.74) is 2.28. The average Bonchev–Trinajstić information content (AvgIpc) is 3.25. The van der Waals surface area contributed by atoms with Gasteiger partial charge in [-0.1, -0.05) is 17.9 Å². The topological polar surface area (TPSA) is 114 Å². The second kappa shape index (κ2) is 11.5. The molecule has 4 amide bonds. The number of carboxylic acid groups (broad SMARTS) is 1. The van der Waals surface area contributed by atoms with Crippen LogP contribution in [0.5, 0.6) is 0 Å². The Bertz CT molecular complexity index is 1160. The van der Waals surface area contributed by atoms with Crippen molar-refractivity contribution >= 4 is 23.8 Å². The van der Waals surface area contributed by atoms with E-state index in [4.69, 9.17) is 5.11 Å². The highest BCUT2D eigenvalue weighted by Gasteiger charge is 2.39. The first-order chi connectivity index (χ1) is 18.4. The molecule has 10 nitrogen and oxygen atoms in total. The maximum absolute atomic E-state index is 13.0. The molecule has 38 heavy (non-hydrogen) atoms. The summed E-state index contributed by atoms with van der Waals surface area (Å²) < 4.78 is 0. The van der Waals surface area contributed by atoms with Crippen molar-refractivity contribution in [2.75, 3.05) is 45.8 Å². The van der Waals surface area contributed by atoms with Crippen molar-refractivity contribution in [3.63, 3.8) is 0 Å². The maximum atomic E-state index is 13.0. The molecule has 10 heteroatoms. The van der Waals surface area contributed by atoms with Gasteiger partial charge in [0.05, 0.1) is 0 Å². The largest absolute Gasteiger partial charge is 0.465 e. The van der Waals surface area contributed by atoms with Crippen molar-refractivity contribution in [1.29, 1.82) is 0 Å². The molecule has 0 saturated carbocycles. The molecule has 4 aliphatic heterocycles. The van der Waals surface area contributed by atoms with E-state index in [1.165, 1.54) is 4.90 Å². The Hall–Kier alpha value is -3.42. The number of piperidine rings is 2. The number of carbonyl (C=O) groups is 4. The number of fused-ring (bicyclic) bond motifs is 1. The van der Waals surface area contributed by atoms with Crippen LogP contribution in [0.3, 0.4) is 0 Å². The van der Waals surface area contributed by atoms with Crippen LogP contribution in [0.2, 0.25) is 0 Å². The highest BCUT2D eigenvalue weighted by atomic mass is 16.4. The fourth-order valence-corrected chi connectivity index (χ4v) is 6.03. The van der Waals surface area contributed by atoms with E-state index in [1.807, 2.05) is 12.1 Å². The summed E-state index contributed by atoms with van der Waals surface area (Å²) in [5.74, 6) is 5.66. The quantitative estimate of drug-likeness (QED) is 0.342. The Morgan fingerprint density at radius 1 is 1.03 bits per heavy atom. The number of benzene rings is 1. The molecule has 3 saturated heterocycles. The normalized spacial score (nSPS) is 23.2. The first-order valence-electron chi connectivity index (χ1n) is 13.6. The zero-order valence-electron chi connectivity index (χ0n) is 21.7. The minimum absolute atomic E-state index is 0.176. The monoisotopic (exact) mass is 521 g/mol. The minimum atomic E-state index is -0.810. The molecule has 4 heterocycles. The van der Waals surface area contributed by atoms with Gasteiger partial charge >= 0.3 is 6.09 Å². The third kappa shape index (κ3) is 5.69. The van der Waals surface area contributed by atoms with Crippen LogP contribution in [0.1, 0.15) is 60.0 Å². The molecule has 1 atom stereocenters. The fourth-order valence-electron chi connectivity index (χ4n) is 6.03. The third-order valence-electron chi connectivity index (χ3n) is 8.24. The Kier molecular flexibility index (Phi) is 7.95. The molecule has 5 rings (SSSR count). The number of nitrogens with zero attached hydrogens (tertiary/aromatic N) is 4. The number of piperazine rings is 1. The van der Waals surface area contributed by atoms with Crippen LogP contribution in [0.15, 0.2) is 18.2 Å². The third-order valence-corrected chi connectivity index (χ3v) is 8.24. The summed E-state index contributed by atoms with van der Waals surface area (Å²) in [7, 11) is 0. The van der Waals surface area contributed by atoms with Gasteiger partial charge in [-0.2, -0.15) is 0 Å². The molecule has 1 aromatic carbocycles. The number of amides is 4. The van der Waals surface area contributed by atoms with E-state index in [0.717, 1.165) is 69.5 Å². The Balaban J connectivity index is 1.07. The van der Waals surface area contributed by atoms with Crippen LogP contribution in [0, 0.1) is 11.8 Å². The van der Waals surface area contributed by atoms with Crippen LogP contribution in [0.25, 0.3) is 0 Å². The Morgan fingerprint density at radius 2 is 1.79 bits per heavy atom. The van der Waals surface area contributed by atoms with Crippen LogP contribution in [-0.2, 0) is 16.1 Å². The van der Waals surface area contributed by atoms with E-state index < -0.39 is 18.0 Å². The summed E-state index contributed by atoms with van der Waals surface area (Å²) in [6.07, 6.45) is 3.36. The lowest BCUT2D eigenvalue weighted by atomic mass is 10.0. The van der Waals surface area contributed by atoms with Gasteiger partial charge in [0.1, 0.15) is 6.04 Å². The standard InChI is InChI=1S/C28H35N5O5/c34-25-9-8-24(26(35)29-25)33-19-23-20(6-4-7-22(23)27(33)36)5-2-1-3-12-30-15-17-31(18-16-30)21-10-13-32(14-11-21)28(37)38/h4,6-7,21,24H,1,3,8-19H2,(H,37,38)(H,29,34,35). The lowest BCUT2D eigenvalue weighted by Crippen LogP contribution is -2.53. The molecule has 2 N–H and O–H groups in total. The second-order valence-electron chi connectivity index (χ2n) is 10.5. The molecular weight excluding hydrogens is 486 g/mol. The predicted octanol–water partition coefficient (Wildman–Crippen LogP) is 1.34. The van der Waals surface area contributed by atoms with Gasteiger partial charge < -0.3 is 19.8 Å². The molecule has 1 aromatic rings. The highest BCUT2D eigenvalue weighted by Crippen LogP contribution is 2.29. The van der Waals surface area contributed by atoms with E-state index in [-0.39, 0.29) is 18.2 Å². The number of rotatable bonds is 5. The second-order valence-corrected chi connectivity index (χ2v) is 10.5. The summed E-state index contributed by atoms with van der Waals surface area (Å²) in [6, 6.07) is 5.41. The molecule has 0 radical (unpaired) electrons. The van der Waals surface area contributed by atoms with Crippen LogP contribution < -0.4 is 5.32 Å². The number of unbranched alkanes of at least 4 members (excludes halogenated alkanes) is 1. The van der Waals surface area contributed by atoms with Crippen molar-refractivity contribution in [2.45, 2.75) is 57.2 Å². The molecule has 0 aliphatic carbocycles. The van der Waals surface area contributed by atoms with Crippen molar-refractivity contribution in [2.24, 2.45) is 0 Å². The van der Waals surface area contributed by atoms with Gasteiger partial charge in [0.15, 0.2) is 0 Å². The van der Waals surface area contributed by atoms with E-state index >= 15 is 0 Å². The van der Waals surface area contributed by atoms with Gasteiger partial charge in [-0.25, -0.2) is 4.79 Å². The first kappa shape index (κ1) is 26.2. The van der Waals surface area contributed by atoms with Crippen molar-refractivity contribution < 1.29 is 24.3 Å². The SMILES string of the molecule is O=C1CCC(N2Cc3c(C#CCCCN4CCN(C5CCN(C(=O)O)CC5)CC4)cccc3C2=O)C(=O)N1. The molecular formula is C28H35N5O5. The molecule has 0 aromatic heterocycles. The Labute approximate surface area is 222 Å². The number of hydrogen-bond acceptors (Lipinski definition) is 6. The van der Waals surface area contributed by atoms with Gasteiger partial charge in [-0.3, -0.25) is 24.6 Å². The number of carbonyl (C=O) groups excluding carboxylic acids is 3. The molecule has 0 spiro atoms. The molecule has 3 fully saturated rings. The summed E-state index contributed by atoms with van der Waals surface area (Å²) in [5, 5.41) is 11.5. The number of imide groups is 1. The van der Waals surface area contributed by atoms with E-state index in [0.29, 0.717) is 37.7 Å². The molecule has 4 aliphatic rings. The summed E-state index contributed by atoms with van der Waals surface area (Å²) >= 11 is 0. The Morgan fingerprint density at radius 3 is 2.50 bits per heavy atom. The van der Waals surface area contributed by atoms with E-state index in [2.05, 4.69) is 27.0 Å². The van der Waals surface area contributed by atoms with Gasteiger partial charge in [-0.05, 0) is 49.9 Å². The minimum Gasteiger partial charge on any atom is -0.465 e. The van der Waals surface area contributed by atoms with Crippen LogP contribution in [-0.4, -0.2) is 106 Å². The number of hydrogen-bond donors (Lipinski definition) is 2. The molecule has 202 valence electrons. The highest BCUT2D eigenvalue weighted by molar-refractivity contribution is 6.05. The van der Waals surface area contributed by atoms with Gasteiger partial charge in [0.2, 0.25) is 11.8 Å². The molecule has 1 unspecified atom stereocenters. The zero-order valence-corrected chi connectivity index (χ0v) is 21.7. The average molecular weight is 522 g/mol. The van der Waals surface area contributed by atoms with Crippen LogP contribution in [0.4, 0.5) is 4.79 Å². The lowest BCUT2D eigenvalue weighted by molar-refractivity contribution is -0.136. The fraction of sp³-hybridized carbons (Fsp3) is 0.571.